The molecule has 118 valence electrons. The Kier molecular flexibility index (Phi) is 4.06. The second-order valence-electron chi connectivity index (χ2n) is 5.52. The summed E-state index contributed by atoms with van der Waals surface area (Å²) in [6, 6.07) is 9.65. The lowest BCUT2D eigenvalue weighted by atomic mass is 10.1. The number of benzene rings is 1. The number of para-hydroxylation sites is 1. The summed E-state index contributed by atoms with van der Waals surface area (Å²) in [6.07, 6.45) is 2.55. The fourth-order valence-electron chi connectivity index (χ4n) is 2.71. The predicted octanol–water partition coefficient (Wildman–Crippen LogP) is 2.34. The van der Waals surface area contributed by atoms with Crippen molar-refractivity contribution in [2.45, 2.75) is 26.7 Å². The van der Waals surface area contributed by atoms with E-state index in [2.05, 4.69) is 15.1 Å². The van der Waals surface area contributed by atoms with Gasteiger partial charge in [-0.05, 0) is 38.0 Å². The summed E-state index contributed by atoms with van der Waals surface area (Å²) in [5, 5.41) is 4.18. The second-order valence-corrected chi connectivity index (χ2v) is 5.52. The zero-order valence-corrected chi connectivity index (χ0v) is 13.5. The molecule has 3 aromatic rings. The summed E-state index contributed by atoms with van der Waals surface area (Å²) in [6.45, 7) is 3.93. The highest BCUT2D eigenvalue weighted by Crippen LogP contribution is 2.17. The molecule has 0 spiro atoms. The first-order valence-electron chi connectivity index (χ1n) is 7.55. The molecule has 2 aromatic heterocycles. The van der Waals surface area contributed by atoms with Crippen molar-refractivity contribution in [3.05, 3.63) is 53.6 Å². The molecule has 0 aliphatic rings. The van der Waals surface area contributed by atoms with Gasteiger partial charge < -0.3 is 4.90 Å². The lowest BCUT2D eigenvalue weighted by molar-refractivity contribution is -0.118. The molecular formula is C17H19N5O. The van der Waals surface area contributed by atoms with E-state index in [1.54, 1.807) is 16.5 Å². The third kappa shape index (κ3) is 2.92. The number of rotatable bonds is 4. The van der Waals surface area contributed by atoms with Crippen molar-refractivity contribution in [2.75, 3.05) is 11.9 Å². The third-order valence-electron chi connectivity index (χ3n) is 4.10. The van der Waals surface area contributed by atoms with Gasteiger partial charge in [-0.1, -0.05) is 18.2 Å². The molecule has 0 aliphatic heterocycles. The van der Waals surface area contributed by atoms with Crippen LogP contribution in [0, 0.1) is 13.8 Å². The van der Waals surface area contributed by atoms with Crippen LogP contribution in [0.3, 0.4) is 0 Å². The third-order valence-corrected chi connectivity index (χ3v) is 4.10. The number of nitrogens with zero attached hydrogens (tertiary/aromatic N) is 5. The van der Waals surface area contributed by atoms with Crippen LogP contribution in [-0.4, -0.2) is 32.5 Å². The van der Waals surface area contributed by atoms with Gasteiger partial charge >= 0.3 is 0 Å². The number of amides is 1. The van der Waals surface area contributed by atoms with Crippen molar-refractivity contribution in [2.24, 2.45) is 0 Å². The highest BCUT2D eigenvalue weighted by atomic mass is 16.2. The minimum atomic E-state index is 0.0775. The molecule has 0 radical (unpaired) electrons. The Hall–Kier alpha value is -2.76. The summed E-state index contributed by atoms with van der Waals surface area (Å²) in [7, 11) is 1.80. The highest BCUT2D eigenvalue weighted by molar-refractivity contribution is 5.92. The summed E-state index contributed by atoms with van der Waals surface area (Å²) in [4.78, 5) is 22.7. The molecule has 0 aliphatic carbocycles. The molecule has 6 heteroatoms. The van der Waals surface area contributed by atoms with Crippen LogP contribution in [0.4, 0.5) is 5.69 Å². The SMILES string of the molecule is Cc1nc2ncnn2c(C)c1CCC(=O)N(C)c1ccccc1. The smallest absolute Gasteiger partial charge is 0.252 e. The van der Waals surface area contributed by atoms with Gasteiger partial charge in [0.15, 0.2) is 0 Å². The summed E-state index contributed by atoms with van der Waals surface area (Å²) < 4.78 is 1.72. The average molecular weight is 309 g/mol. The number of hydrogen-bond acceptors (Lipinski definition) is 4. The number of carbonyl (C=O) groups excluding carboxylic acids is 1. The molecule has 0 unspecified atom stereocenters. The Morgan fingerprint density at radius 3 is 2.70 bits per heavy atom. The normalized spacial score (nSPS) is 10.9. The van der Waals surface area contributed by atoms with Gasteiger partial charge in [0.1, 0.15) is 6.33 Å². The standard InChI is InChI=1S/C17H19N5O/c1-12-15(13(2)22-17(20-12)18-11-19-22)9-10-16(23)21(3)14-7-5-4-6-8-14/h4-8,11H,9-10H2,1-3H3. The van der Waals surface area contributed by atoms with E-state index in [1.165, 1.54) is 6.33 Å². The number of aromatic nitrogens is 4. The van der Waals surface area contributed by atoms with Gasteiger partial charge in [-0.15, -0.1) is 0 Å². The number of carbonyl (C=O) groups is 1. The molecule has 0 N–H and O–H groups in total. The lowest BCUT2D eigenvalue weighted by Gasteiger charge is -2.18. The van der Waals surface area contributed by atoms with Crippen molar-refractivity contribution in [3.8, 4) is 0 Å². The first-order chi connectivity index (χ1) is 11.1. The highest BCUT2D eigenvalue weighted by Gasteiger charge is 2.15. The Morgan fingerprint density at radius 2 is 1.96 bits per heavy atom. The Bertz CT molecular complexity index is 841. The van der Waals surface area contributed by atoms with E-state index in [0.717, 1.165) is 22.6 Å². The van der Waals surface area contributed by atoms with Crippen LogP contribution in [0.2, 0.25) is 0 Å². The Labute approximate surface area is 134 Å². The van der Waals surface area contributed by atoms with Crippen LogP contribution in [0.5, 0.6) is 0 Å². The van der Waals surface area contributed by atoms with Crippen LogP contribution in [0.1, 0.15) is 23.4 Å². The zero-order chi connectivity index (χ0) is 16.4. The van der Waals surface area contributed by atoms with Crippen molar-refractivity contribution in [1.82, 2.24) is 19.6 Å². The van der Waals surface area contributed by atoms with Crippen LogP contribution < -0.4 is 4.90 Å². The molecule has 3 rings (SSSR count). The quantitative estimate of drug-likeness (QED) is 0.742. The fourth-order valence-corrected chi connectivity index (χ4v) is 2.71. The largest absolute Gasteiger partial charge is 0.315 e. The van der Waals surface area contributed by atoms with Crippen molar-refractivity contribution < 1.29 is 4.79 Å². The molecule has 6 nitrogen and oxygen atoms in total. The van der Waals surface area contributed by atoms with Crippen LogP contribution >= 0.6 is 0 Å². The molecule has 0 atom stereocenters. The topological polar surface area (TPSA) is 63.4 Å². The monoisotopic (exact) mass is 309 g/mol. The average Bonchev–Trinajstić information content (AvgIpc) is 3.03. The number of aryl methyl sites for hydroxylation is 2. The molecular weight excluding hydrogens is 290 g/mol. The second kappa shape index (κ2) is 6.16. The Morgan fingerprint density at radius 1 is 1.22 bits per heavy atom. The van der Waals surface area contributed by atoms with E-state index in [0.29, 0.717) is 18.6 Å². The van der Waals surface area contributed by atoms with E-state index >= 15 is 0 Å². The van der Waals surface area contributed by atoms with Gasteiger partial charge in [0.05, 0.1) is 0 Å². The van der Waals surface area contributed by atoms with Gasteiger partial charge in [-0.25, -0.2) is 9.50 Å². The minimum Gasteiger partial charge on any atom is -0.315 e. The number of anilines is 1. The summed E-state index contributed by atoms with van der Waals surface area (Å²) >= 11 is 0. The van der Waals surface area contributed by atoms with Gasteiger partial charge in [-0.2, -0.15) is 10.1 Å². The number of hydrogen-bond donors (Lipinski definition) is 0. The molecule has 0 saturated heterocycles. The van der Waals surface area contributed by atoms with E-state index in [9.17, 15) is 4.79 Å². The lowest BCUT2D eigenvalue weighted by Crippen LogP contribution is -2.26. The minimum absolute atomic E-state index is 0.0775. The van der Waals surface area contributed by atoms with Gasteiger partial charge in [-0.3, -0.25) is 4.79 Å². The molecule has 2 heterocycles. The van der Waals surface area contributed by atoms with Crippen LogP contribution in [0.25, 0.3) is 5.78 Å². The van der Waals surface area contributed by atoms with Crippen LogP contribution in [-0.2, 0) is 11.2 Å². The first-order valence-corrected chi connectivity index (χ1v) is 7.55. The Balaban J connectivity index is 1.77. The molecule has 0 fully saturated rings. The van der Waals surface area contributed by atoms with E-state index in [1.807, 2.05) is 44.2 Å². The van der Waals surface area contributed by atoms with Crippen molar-refractivity contribution in [3.63, 3.8) is 0 Å². The van der Waals surface area contributed by atoms with Gasteiger partial charge in [0, 0.05) is 30.5 Å². The first kappa shape index (κ1) is 15.1. The van der Waals surface area contributed by atoms with E-state index in [4.69, 9.17) is 0 Å². The molecule has 0 saturated carbocycles. The van der Waals surface area contributed by atoms with Crippen LogP contribution in [0.15, 0.2) is 36.7 Å². The maximum Gasteiger partial charge on any atom is 0.252 e. The maximum absolute atomic E-state index is 12.4. The molecule has 0 bridgehead atoms. The summed E-state index contributed by atoms with van der Waals surface area (Å²) in [5.41, 5.74) is 3.84. The van der Waals surface area contributed by atoms with Gasteiger partial charge in [0.2, 0.25) is 5.91 Å². The molecule has 1 aromatic carbocycles. The van der Waals surface area contributed by atoms with E-state index < -0.39 is 0 Å². The van der Waals surface area contributed by atoms with E-state index in [-0.39, 0.29) is 5.91 Å². The predicted molar refractivity (Wildman–Crippen MR) is 88.4 cm³/mol. The van der Waals surface area contributed by atoms with Crippen molar-refractivity contribution >= 4 is 17.4 Å². The zero-order valence-electron chi connectivity index (χ0n) is 13.5. The summed E-state index contributed by atoms with van der Waals surface area (Å²) in [5.74, 6) is 0.671. The van der Waals surface area contributed by atoms with Crippen molar-refractivity contribution in [1.29, 1.82) is 0 Å². The van der Waals surface area contributed by atoms with Gasteiger partial charge in [0.25, 0.3) is 5.78 Å². The number of fused-ring (bicyclic) bond motifs is 1. The molecule has 23 heavy (non-hydrogen) atoms. The maximum atomic E-state index is 12.4. The fraction of sp³-hybridized carbons (Fsp3) is 0.294. The molecule has 1 amide bonds.